The summed E-state index contributed by atoms with van der Waals surface area (Å²) in [6.07, 6.45) is 1.65. The summed E-state index contributed by atoms with van der Waals surface area (Å²) in [4.78, 5) is 0.758. The van der Waals surface area contributed by atoms with Crippen LogP contribution in [0.25, 0.3) is 0 Å². The van der Waals surface area contributed by atoms with Gasteiger partial charge < -0.3 is 23.5 Å². The van der Waals surface area contributed by atoms with E-state index in [1.165, 1.54) is 0 Å². The normalized spacial score (nSPS) is 18.2. The Morgan fingerprint density at radius 1 is 0.935 bits per heavy atom. The zero-order valence-electron chi connectivity index (χ0n) is 19.1. The topological polar surface area (TPSA) is 63.2 Å². The SMILES string of the molecule is CCOCOCc1cc(Oc2ccc(S(C)=O)cc2)ccc1B1OC(C)(C)C(C)(C)O1. The van der Waals surface area contributed by atoms with Gasteiger partial charge in [0.2, 0.25) is 0 Å². The van der Waals surface area contributed by atoms with Crippen LogP contribution in [0.15, 0.2) is 47.4 Å². The van der Waals surface area contributed by atoms with Crippen LogP contribution in [0.4, 0.5) is 0 Å². The predicted octanol–water partition coefficient (Wildman–Crippen LogP) is 4.03. The lowest BCUT2D eigenvalue weighted by Crippen LogP contribution is -2.41. The first kappa shape index (κ1) is 23.9. The third-order valence-corrected chi connectivity index (χ3v) is 6.58. The van der Waals surface area contributed by atoms with Crippen LogP contribution in [0.3, 0.4) is 0 Å². The molecule has 1 unspecified atom stereocenters. The molecule has 168 valence electrons. The smallest absolute Gasteiger partial charge is 0.457 e. The molecule has 1 aliphatic rings. The summed E-state index contributed by atoms with van der Waals surface area (Å²) < 4.78 is 41.1. The summed E-state index contributed by atoms with van der Waals surface area (Å²) in [5.41, 5.74) is 0.940. The van der Waals surface area contributed by atoms with Gasteiger partial charge in [-0.2, -0.15) is 0 Å². The van der Waals surface area contributed by atoms with Crippen molar-refractivity contribution in [3.63, 3.8) is 0 Å². The Labute approximate surface area is 187 Å². The van der Waals surface area contributed by atoms with E-state index in [1.807, 2.05) is 65.0 Å². The fourth-order valence-electron chi connectivity index (χ4n) is 3.10. The minimum atomic E-state index is -1.02. The zero-order chi connectivity index (χ0) is 22.6. The van der Waals surface area contributed by atoms with Gasteiger partial charge in [0.1, 0.15) is 18.3 Å². The Morgan fingerprint density at radius 3 is 2.13 bits per heavy atom. The van der Waals surface area contributed by atoms with Gasteiger partial charge in [-0.15, -0.1) is 0 Å². The average Bonchev–Trinajstić information content (AvgIpc) is 2.93. The van der Waals surface area contributed by atoms with Gasteiger partial charge in [0, 0.05) is 28.6 Å². The van der Waals surface area contributed by atoms with E-state index in [9.17, 15) is 4.21 Å². The fraction of sp³-hybridized carbons (Fsp3) is 0.478. The molecular weight excluding hydrogens is 415 g/mol. The van der Waals surface area contributed by atoms with Gasteiger partial charge in [-0.05, 0) is 82.0 Å². The van der Waals surface area contributed by atoms with Crippen LogP contribution in [0, 0.1) is 0 Å². The lowest BCUT2D eigenvalue weighted by atomic mass is 9.76. The lowest BCUT2D eigenvalue weighted by Gasteiger charge is -2.32. The molecule has 2 aromatic rings. The van der Waals surface area contributed by atoms with Crippen LogP contribution in [0.1, 0.15) is 40.2 Å². The summed E-state index contributed by atoms with van der Waals surface area (Å²) in [6.45, 7) is 11.2. The molecule has 8 heteroatoms. The molecule has 0 N–H and O–H groups in total. The minimum absolute atomic E-state index is 0.208. The fourth-order valence-corrected chi connectivity index (χ4v) is 3.62. The van der Waals surface area contributed by atoms with E-state index in [0.717, 1.165) is 15.9 Å². The number of hydrogen-bond acceptors (Lipinski definition) is 6. The summed E-state index contributed by atoms with van der Waals surface area (Å²) in [7, 11) is -1.52. The van der Waals surface area contributed by atoms with Gasteiger partial charge in [0.25, 0.3) is 0 Å². The van der Waals surface area contributed by atoms with E-state index >= 15 is 0 Å². The van der Waals surface area contributed by atoms with E-state index in [1.54, 1.807) is 18.4 Å². The predicted molar refractivity (Wildman–Crippen MR) is 122 cm³/mol. The maximum absolute atomic E-state index is 11.6. The number of hydrogen-bond donors (Lipinski definition) is 0. The van der Waals surface area contributed by atoms with Crippen molar-refractivity contribution in [2.75, 3.05) is 19.7 Å². The summed E-state index contributed by atoms with van der Waals surface area (Å²) >= 11 is 0. The Balaban J connectivity index is 1.83. The average molecular weight is 446 g/mol. The molecule has 1 saturated heterocycles. The number of ether oxygens (including phenoxy) is 3. The second-order valence-electron chi connectivity index (χ2n) is 8.44. The molecule has 1 fully saturated rings. The van der Waals surface area contributed by atoms with E-state index in [2.05, 4.69) is 0 Å². The summed E-state index contributed by atoms with van der Waals surface area (Å²) in [5.74, 6) is 1.33. The first-order valence-corrected chi connectivity index (χ1v) is 11.9. The van der Waals surface area contributed by atoms with Crippen molar-refractivity contribution < 1.29 is 27.7 Å². The quantitative estimate of drug-likeness (QED) is 0.329. The molecule has 0 radical (unpaired) electrons. The minimum Gasteiger partial charge on any atom is -0.457 e. The Hall–Kier alpha value is -1.71. The van der Waals surface area contributed by atoms with E-state index in [4.69, 9.17) is 23.5 Å². The molecule has 1 aliphatic heterocycles. The molecule has 0 saturated carbocycles. The highest BCUT2D eigenvalue weighted by Crippen LogP contribution is 2.37. The Kier molecular flexibility index (Phi) is 7.60. The maximum atomic E-state index is 11.6. The molecule has 1 heterocycles. The van der Waals surface area contributed by atoms with E-state index < -0.39 is 29.1 Å². The van der Waals surface area contributed by atoms with E-state index in [-0.39, 0.29) is 6.79 Å². The third-order valence-electron chi connectivity index (χ3n) is 5.64. The van der Waals surface area contributed by atoms with Gasteiger partial charge in [0.05, 0.1) is 17.8 Å². The largest absolute Gasteiger partial charge is 0.495 e. The molecule has 0 bridgehead atoms. The van der Waals surface area contributed by atoms with Gasteiger partial charge in [-0.1, -0.05) is 6.07 Å². The molecule has 2 aromatic carbocycles. The first-order valence-electron chi connectivity index (χ1n) is 10.4. The Morgan fingerprint density at radius 2 is 1.55 bits per heavy atom. The molecule has 6 nitrogen and oxygen atoms in total. The molecular formula is C23H31BO6S. The highest BCUT2D eigenvalue weighted by molar-refractivity contribution is 7.84. The van der Waals surface area contributed by atoms with Crippen LogP contribution in [0.2, 0.25) is 0 Å². The van der Waals surface area contributed by atoms with Crippen LogP contribution in [-0.4, -0.2) is 42.2 Å². The van der Waals surface area contributed by atoms with Crippen LogP contribution in [-0.2, 0) is 36.2 Å². The van der Waals surface area contributed by atoms with Crippen molar-refractivity contribution in [2.45, 2.75) is 57.3 Å². The standard InChI is InChI=1S/C23H31BO6S/c1-7-26-16-27-15-17-14-19(28-18-8-11-20(12-9-18)31(6)25)10-13-21(17)24-29-22(2,3)23(4,5)30-24/h8-14H,7,15-16H2,1-6H3. The van der Waals surface area contributed by atoms with Crippen molar-refractivity contribution in [3.8, 4) is 11.5 Å². The second-order valence-corrected chi connectivity index (χ2v) is 9.82. The van der Waals surface area contributed by atoms with Crippen molar-refractivity contribution >= 4 is 23.4 Å². The van der Waals surface area contributed by atoms with Gasteiger partial charge >= 0.3 is 7.12 Å². The zero-order valence-corrected chi connectivity index (χ0v) is 19.9. The summed E-state index contributed by atoms with van der Waals surface area (Å²) in [5, 5.41) is 0. The number of benzene rings is 2. The monoisotopic (exact) mass is 446 g/mol. The molecule has 0 amide bonds. The first-order chi connectivity index (χ1) is 14.6. The van der Waals surface area contributed by atoms with Crippen LogP contribution < -0.4 is 10.2 Å². The molecule has 0 spiro atoms. The van der Waals surface area contributed by atoms with Crippen molar-refractivity contribution in [1.82, 2.24) is 0 Å². The van der Waals surface area contributed by atoms with Gasteiger partial charge in [0.15, 0.2) is 0 Å². The van der Waals surface area contributed by atoms with Crippen molar-refractivity contribution in [2.24, 2.45) is 0 Å². The van der Waals surface area contributed by atoms with Crippen LogP contribution in [0.5, 0.6) is 11.5 Å². The molecule has 3 rings (SSSR count). The molecule has 1 atom stereocenters. The van der Waals surface area contributed by atoms with Crippen molar-refractivity contribution in [1.29, 1.82) is 0 Å². The molecule has 0 aromatic heterocycles. The highest BCUT2D eigenvalue weighted by Gasteiger charge is 2.52. The summed E-state index contributed by atoms with van der Waals surface area (Å²) in [6, 6.07) is 13.0. The lowest BCUT2D eigenvalue weighted by molar-refractivity contribution is -0.0570. The van der Waals surface area contributed by atoms with Crippen LogP contribution >= 0.6 is 0 Å². The maximum Gasteiger partial charge on any atom is 0.495 e. The molecule has 31 heavy (non-hydrogen) atoms. The van der Waals surface area contributed by atoms with Gasteiger partial charge in [-0.3, -0.25) is 4.21 Å². The highest BCUT2D eigenvalue weighted by atomic mass is 32.2. The van der Waals surface area contributed by atoms with Gasteiger partial charge in [-0.25, -0.2) is 0 Å². The Bertz CT molecular complexity index is 897. The number of rotatable bonds is 9. The second kappa shape index (κ2) is 9.84. The van der Waals surface area contributed by atoms with Crippen molar-refractivity contribution in [3.05, 3.63) is 48.0 Å². The van der Waals surface area contributed by atoms with E-state index in [0.29, 0.717) is 24.7 Å². The molecule has 0 aliphatic carbocycles. The third kappa shape index (κ3) is 5.76.